The molecule has 308 valence electrons. The minimum absolute atomic E-state index is 0.0425. The molecular weight excluding hydrogens is 727 g/mol. The summed E-state index contributed by atoms with van der Waals surface area (Å²) in [6.07, 6.45) is 0.528. The molecule has 3 atom stereocenters. The van der Waals surface area contributed by atoms with Gasteiger partial charge >= 0.3 is 7.60 Å². The first-order valence-corrected chi connectivity index (χ1v) is 19.5. The molecule has 22 nitrogen and oxygen atoms in total. The van der Waals surface area contributed by atoms with Crippen LogP contribution < -0.4 is 44.3 Å². The van der Waals surface area contributed by atoms with E-state index in [2.05, 4.69) is 41.1 Å². The predicted molar refractivity (Wildman–Crippen MR) is 187 cm³/mol. The van der Waals surface area contributed by atoms with E-state index in [9.17, 15) is 33.4 Å². The zero-order valence-corrected chi connectivity index (χ0v) is 31.3. The van der Waals surface area contributed by atoms with Gasteiger partial charge in [0.15, 0.2) is 0 Å². The van der Waals surface area contributed by atoms with Crippen LogP contribution in [0.3, 0.4) is 0 Å². The van der Waals surface area contributed by atoms with E-state index in [0.29, 0.717) is 25.7 Å². The van der Waals surface area contributed by atoms with Crippen LogP contribution in [0.4, 0.5) is 0 Å². The largest absolute Gasteiger partial charge is 0.377 e. The molecule has 5 amide bonds. The van der Waals surface area contributed by atoms with Crippen LogP contribution >= 0.6 is 7.60 Å². The van der Waals surface area contributed by atoms with E-state index in [1.54, 1.807) is 0 Å². The van der Waals surface area contributed by atoms with E-state index in [-0.39, 0.29) is 111 Å². The number of hydrogen-bond acceptors (Lipinski definition) is 16. The maximum absolute atomic E-state index is 13.2. The van der Waals surface area contributed by atoms with Crippen LogP contribution in [0.15, 0.2) is 0 Å². The van der Waals surface area contributed by atoms with Crippen molar-refractivity contribution in [2.45, 2.75) is 69.6 Å². The molecule has 3 unspecified atom stereocenters. The highest BCUT2D eigenvalue weighted by atomic mass is 31.2. The number of amides is 5. The summed E-state index contributed by atoms with van der Waals surface area (Å²) in [6, 6.07) is -2.22. The van der Waals surface area contributed by atoms with E-state index in [1.165, 1.54) is 0 Å². The molecule has 1 saturated carbocycles. The average Bonchev–Trinajstić information content (AvgIpc) is 3.12. The van der Waals surface area contributed by atoms with Crippen LogP contribution in [0.1, 0.15) is 51.4 Å². The summed E-state index contributed by atoms with van der Waals surface area (Å²) in [4.78, 5) is 87.8. The zero-order chi connectivity index (χ0) is 39.3. The summed E-state index contributed by atoms with van der Waals surface area (Å²) in [7, 11) is -3.68. The Hall–Kier alpha value is -2.86. The van der Waals surface area contributed by atoms with Gasteiger partial charge in [0, 0.05) is 45.1 Å². The van der Waals surface area contributed by atoms with Gasteiger partial charge in [0.1, 0.15) is 12.1 Å². The quantitative estimate of drug-likeness (QED) is 0.0192. The molecule has 1 aliphatic rings. The maximum atomic E-state index is 13.2. The van der Waals surface area contributed by atoms with E-state index in [1.807, 2.05) is 0 Å². The van der Waals surface area contributed by atoms with Gasteiger partial charge in [-0.25, -0.2) is 17.7 Å². The van der Waals surface area contributed by atoms with Gasteiger partial charge in [-0.1, -0.05) is 0 Å². The first-order valence-electron chi connectivity index (χ1n) is 17.5. The molecule has 1 aliphatic carbocycles. The first-order chi connectivity index (χ1) is 25.4. The van der Waals surface area contributed by atoms with Gasteiger partial charge in [0.05, 0.1) is 65.6 Å². The lowest BCUT2D eigenvalue weighted by Gasteiger charge is -2.29. The van der Waals surface area contributed by atoms with Crippen LogP contribution in [0.2, 0.25) is 0 Å². The van der Waals surface area contributed by atoms with Crippen molar-refractivity contribution >= 4 is 37.1 Å². The fourth-order valence-electron chi connectivity index (χ4n) is 5.07. The number of hydrogen-bond donors (Lipinski definition) is 9. The molecule has 53 heavy (non-hydrogen) atoms. The normalized spacial score (nSPS) is 17.9. The van der Waals surface area contributed by atoms with E-state index >= 15 is 0 Å². The molecule has 12 N–H and O–H groups in total. The SMILES string of the molecule is CP(=O)(O)O[C@H]1CC[C@H](C(=O)NC(CCC(=O)NC(CCC(=O)NCCOCCON)C(=O)NCCOCCON)C(=O)NCCOCCON)CC1. The van der Waals surface area contributed by atoms with Gasteiger partial charge in [-0.3, -0.25) is 28.5 Å². The summed E-state index contributed by atoms with van der Waals surface area (Å²) >= 11 is 0. The van der Waals surface area contributed by atoms with Gasteiger partial charge in [0.2, 0.25) is 29.5 Å². The fraction of sp³-hybridized carbons (Fsp3) is 0.833. The van der Waals surface area contributed by atoms with Gasteiger partial charge in [-0.2, -0.15) is 0 Å². The minimum atomic E-state index is -3.68. The number of carbonyl (C=O) groups excluding carboxylic acids is 5. The highest BCUT2D eigenvalue weighted by molar-refractivity contribution is 7.51. The minimum Gasteiger partial charge on any atom is -0.377 e. The lowest BCUT2D eigenvalue weighted by Crippen LogP contribution is -2.51. The summed E-state index contributed by atoms with van der Waals surface area (Å²) < 4.78 is 32.7. The first kappa shape index (κ1) is 48.2. The van der Waals surface area contributed by atoms with Crippen molar-refractivity contribution in [1.82, 2.24) is 26.6 Å². The van der Waals surface area contributed by atoms with Gasteiger partial charge in [0.25, 0.3) is 0 Å². The lowest BCUT2D eigenvalue weighted by molar-refractivity contribution is -0.133. The number of ether oxygens (including phenoxy) is 3. The van der Waals surface area contributed by atoms with E-state index in [0.717, 1.165) is 6.66 Å². The van der Waals surface area contributed by atoms with Crippen molar-refractivity contribution in [2.24, 2.45) is 23.6 Å². The van der Waals surface area contributed by atoms with E-state index < -0.39 is 55.3 Å². The summed E-state index contributed by atoms with van der Waals surface area (Å²) in [6.45, 7) is 3.19. The van der Waals surface area contributed by atoms with Crippen LogP contribution in [0, 0.1) is 5.92 Å². The molecule has 23 heteroatoms. The van der Waals surface area contributed by atoms with Gasteiger partial charge in [-0.05, 0) is 38.5 Å². The summed E-state index contributed by atoms with van der Waals surface area (Å²) in [5.41, 5.74) is 0. The van der Waals surface area contributed by atoms with Crippen molar-refractivity contribution < 1.29 is 66.7 Å². The molecule has 1 fully saturated rings. The second-order valence-electron chi connectivity index (χ2n) is 12.0. The number of rotatable bonds is 31. The monoisotopic (exact) mass is 786 g/mol. The van der Waals surface area contributed by atoms with Crippen LogP contribution in [-0.2, 0) is 61.8 Å². The van der Waals surface area contributed by atoms with Crippen LogP contribution in [0.5, 0.6) is 0 Å². The Bertz CT molecular complexity index is 1110. The molecule has 0 radical (unpaired) electrons. The van der Waals surface area contributed by atoms with Crippen LogP contribution in [-0.4, -0.2) is 138 Å². The zero-order valence-electron chi connectivity index (χ0n) is 30.4. The standard InChI is InChI=1S/C30H59N8O14P/c1-53(44,45)52-23-4-2-22(3-5-23)28(41)38-25(30(43)36-12-15-48-18-21-51-33)7-9-27(40)37-24(29(42)35-11-14-47-17-20-50-32)6-8-26(39)34-10-13-46-16-19-49-31/h22-25H,2-21,31-33H2,1H3,(H,34,39)(H,35,42)(H,36,43)(H,37,40)(H,38,41)(H,44,45)/t22-,23-,24?,25?. The van der Waals surface area contributed by atoms with Crippen molar-refractivity contribution in [1.29, 1.82) is 0 Å². The van der Waals surface area contributed by atoms with Crippen molar-refractivity contribution in [3.63, 3.8) is 0 Å². The fourth-order valence-corrected chi connectivity index (χ4v) is 5.83. The molecule has 0 aromatic rings. The highest BCUT2D eigenvalue weighted by Crippen LogP contribution is 2.42. The lowest BCUT2D eigenvalue weighted by atomic mass is 9.86. The highest BCUT2D eigenvalue weighted by Gasteiger charge is 2.32. The Balaban J connectivity index is 2.84. The van der Waals surface area contributed by atoms with Crippen molar-refractivity contribution in [3.05, 3.63) is 0 Å². The van der Waals surface area contributed by atoms with Gasteiger partial charge in [-0.15, -0.1) is 0 Å². The van der Waals surface area contributed by atoms with Crippen molar-refractivity contribution in [3.8, 4) is 0 Å². The number of carbonyl (C=O) groups is 5. The molecule has 0 aliphatic heterocycles. The molecule has 0 bridgehead atoms. The second-order valence-corrected chi connectivity index (χ2v) is 13.8. The predicted octanol–water partition coefficient (Wildman–Crippen LogP) is -3.02. The molecular formula is C30H59N8O14P. The Labute approximate surface area is 309 Å². The Kier molecular flexibility index (Phi) is 26.8. The molecule has 0 aromatic carbocycles. The molecule has 0 aromatic heterocycles. The number of nitrogens with two attached hydrogens (primary N) is 3. The summed E-state index contributed by atoms with van der Waals surface area (Å²) in [5.74, 6) is 11.9. The third-order valence-corrected chi connectivity index (χ3v) is 8.38. The molecule has 0 saturated heterocycles. The Morgan fingerprint density at radius 2 is 1.08 bits per heavy atom. The molecule has 0 spiro atoms. The maximum Gasteiger partial charge on any atom is 0.325 e. The third kappa shape index (κ3) is 25.0. The van der Waals surface area contributed by atoms with Crippen LogP contribution in [0.25, 0.3) is 0 Å². The third-order valence-electron chi connectivity index (χ3n) is 7.69. The Morgan fingerprint density at radius 3 is 1.53 bits per heavy atom. The van der Waals surface area contributed by atoms with E-state index in [4.69, 9.17) is 36.4 Å². The number of nitrogens with one attached hydrogen (secondary N) is 5. The Morgan fingerprint density at radius 1 is 0.642 bits per heavy atom. The molecule has 1 rings (SSSR count). The average molecular weight is 787 g/mol. The topological polar surface area (TPSA) is 325 Å². The second kappa shape index (κ2) is 29.5. The smallest absolute Gasteiger partial charge is 0.325 e. The van der Waals surface area contributed by atoms with Crippen molar-refractivity contribution in [2.75, 3.05) is 85.8 Å². The van der Waals surface area contributed by atoms with Gasteiger partial charge < -0.3 is 64.7 Å². The molecule has 0 heterocycles. The summed E-state index contributed by atoms with van der Waals surface area (Å²) in [5, 5.41) is 13.3.